The van der Waals surface area contributed by atoms with Crippen LogP contribution in [-0.4, -0.2) is 5.11 Å². The van der Waals surface area contributed by atoms with Crippen molar-refractivity contribution in [3.8, 4) is 0 Å². The summed E-state index contributed by atoms with van der Waals surface area (Å²) in [6.45, 7) is 6.42. The highest BCUT2D eigenvalue weighted by molar-refractivity contribution is 7.80. The van der Waals surface area contributed by atoms with Crippen molar-refractivity contribution in [3.63, 3.8) is 0 Å². The molecule has 2 N–H and O–H groups in total. The average molecular weight is 312 g/mol. The summed E-state index contributed by atoms with van der Waals surface area (Å²) >= 11 is 5.49. The maximum atomic E-state index is 5.49. The van der Waals surface area contributed by atoms with Crippen LogP contribution >= 0.6 is 12.2 Å². The Kier molecular flexibility index (Phi) is 5.96. The van der Waals surface area contributed by atoms with Gasteiger partial charge in [0.15, 0.2) is 5.11 Å². The first-order valence-corrected chi connectivity index (χ1v) is 8.26. The molecule has 116 valence electrons. The van der Waals surface area contributed by atoms with E-state index in [-0.39, 0.29) is 6.04 Å². The third kappa shape index (κ3) is 4.31. The van der Waals surface area contributed by atoms with E-state index in [4.69, 9.17) is 12.2 Å². The van der Waals surface area contributed by atoms with Crippen LogP contribution in [0, 0.1) is 6.92 Å². The van der Waals surface area contributed by atoms with E-state index in [1.54, 1.807) is 0 Å². The van der Waals surface area contributed by atoms with Gasteiger partial charge in [-0.25, -0.2) is 0 Å². The Hall–Kier alpha value is -1.87. The molecule has 0 aliphatic heterocycles. The molecule has 0 aliphatic rings. The SMILES string of the molecule is CCc1ccccc1NC(=S)NC(CC)c1ccc(C)cc1. The van der Waals surface area contributed by atoms with Crippen LogP contribution in [-0.2, 0) is 6.42 Å². The van der Waals surface area contributed by atoms with Gasteiger partial charge in [0.25, 0.3) is 0 Å². The van der Waals surface area contributed by atoms with Crippen molar-refractivity contribution < 1.29 is 0 Å². The number of aryl methyl sites for hydroxylation is 2. The zero-order chi connectivity index (χ0) is 15.9. The molecule has 2 aromatic rings. The molecule has 0 radical (unpaired) electrons. The van der Waals surface area contributed by atoms with Gasteiger partial charge in [-0.2, -0.15) is 0 Å². The lowest BCUT2D eigenvalue weighted by Gasteiger charge is -2.21. The molecule has 0 heterocycles. The fourth-order valence-corrected chi connectivity index (χ4v) is 2.74. The summed E-state index contributed by atoms with van der Waals surface area (Å²) < 4.78 is 0. The van der Waals surface area contributed by atoms with Gasteiger partial charge in [0.2, 0.25) is 0 Å². The van der Waals surface area contributed by atoms with E-state index >= 15 is 0 Å². The molecular formula is C19H24N2S. The highest BCUT2D eigenvalue weighted by atomic mass is 32.1. The highest BCUT2D eigenvalue weighted by Gasteiger charge is 2.11. The smallest absolute Gasteiger partial charge is 0.171 e. The first kappa shape index (κ1) is 16.5. The molecule has 3 heteroatoms. The Morgan fingerprint density at radius 1 is 1.05 bits per heavy atom. The first-order chi connectivity index (χ1) is 10.6. The molecule has 2 nitrogen and oxygen atoms in total. The van der Waals surface area contributed by atoms with Crippen LogP contribution in [0.3, 0.4) is 0 Å². The Labute approximate surface area is 139 Å². The molecule has 0 bridgehead atoms. The van der Waals surface area contributed by atoms with Crippen molar-refractivity contribution >= 4 is 23.0 Å². The van der Waals surface area contributed by atoms with Crippen molar-refractivity contribution in [1.82, 2.24) is 5.32 Å². The number of thiocarbonyl (C=S) groups is 1. The molecule has 1 unspecified atom stereocenters. The number of hydrogen-bond donors (Lipinski definition) is 2. The van der Waals surface area contributed by atoms with Gasteiger partial charge in [-0.3, -0.25) is 0 Å². The Morgan fingerprint density at radius 3 is 2.36 bits per heavy atom. The van der Waals surface area contributed by atoms with Crippen molar-refractivity contribution in [2.45, 2.75) is 39.7 Å². The van der Waals surface area contributed by atoms with Crippen LogP contribution in [0.2, 0.25) is 0 Å². The van der Waals surface area contributed by atoms with Crippen molar-refractivity contribution in [3.05, 3.63) is 65.2 Å². The molecule has 2 rings (SSSR count). The minimum atomic E-state index is 0.231. The third-order valence-corrected chi connectivity index (χ3v) is 4.06. The zero-order valence-electron chi connectivity index (χ0n) is 13.5. The minimum absolute atomic E-state index is 0.231. The second-order valence-corrected chi connectivity index (χ2v) is 5.89. The van der Waals surface area contributed by atoms with Crippen LogP contribution in [0.15, 0.2) is 48.5 Å². The second kappa shape index (κ2) is 7.95. The summed E-state index contributed by atoms with van der Waals surface area (Å²) in [7, 11) is 0. The standard InChI is InChI=1S/C19H24N2S/c1-4-15-8-6-7-9-18(15)21-19(22)20-17(5-2)16-12-10-14(3)11-13-16/h6-13,17H,4-5H2,1-3H3,(H2,20,21,22). The lowest BCUT2D eigenvalue weighted by molar-refractivity contribution is 0.629. The van der Waals surface area contributed by atoms with Gasteiger partial charge in [0.1, 0.15) is 0 Å². The van der Waals surface area contributed by atoms with E-state index in [2.05, 4.69) is 73.9 Å². The lowest BCUT2D eigenvalue weighted by Crippen LogP contribution is -2.32. The molecule has 0 aromatic heterocycles. The molecule has 0 saturated carbocycles. The molecular weight excluding hydrogens is 288 g/mol. The van der Waals surface area contributed by atoms with Crippen molar-refractivity contribution in [1.29, 1.82) is 0 Å². The van der Waals surface area contributed by atoms with E-state index in [1.165, 1.54) is 16.7 Å². The zero-order valence-corrected chi connectivity index (χ0v) is 14.3. The molecule has 22 heavy (non-hydrogen) atoms. The van der Waals surface area contributed by atoms with Gasteiger partial charge < -0.3 is 10.6 Å². The lowest BCUT2D eigenvalue weighted by atomic mass is 10.0. The maximum Gasteiger partial charge on any atom is 0.171 e. The molecule has 0 saturated heterocycles. The number of anilines is 1. The maximum absolute atomic E-state index is 5.49. The first-order valence-electron chi connectivity index (χ1n) is 7.86. The van der Waals surface area contributed by atoms with E-state index in [1.807, 2.05) is 6.07 Å². The van der Waals surface area contributed by atoms with E-state index in [0.717, 1.165) is 18.5 Å². The number of nitrogens with one attached hydrogen (secondary N) is 2. The van der Waals surface area contributed by atoms with Crippen molar-refractivity contribution in [2.75, 3.05) is 5.32 Å². The number of benzene rings is 2. The van der Waals surface area contributed by atoms with Crippen LogP contribution in [0.5, 0.6) is 0 Å². The number of para-hydroxylation sites is 1. The van der Waals surface area contributed by atoms with E-state index < -0.39 is 0 Å². The predicted octanol–water partition coefficient (Wildman–Crippen LogP) is 5.00. The van der Waals surface area contributed by atoms with Gasteiger partial charge in [-0.1, -0.05) is 61.9 Å². The summed E-state index contributed by atoms with van der Waals surface area (Å²) in [6.07, 6.45) is 1.97. The van der Waals surface area contributed by atoms with Crippen LogP contribution in [0.4, 0.5) is 5.69 Å². The summed E-state index contributed by atoms with van der Waals surface area (Å²) in [5, 5.41) is 7.42. The Balaban J connectivity index is 2.05. The molecule has 1 atom stereocenters. The van der Waals surface area contributed by atoms with Gasteiger partial charge in [0, 0.05) is 5.69 Å². The van der Waals surface area contributed by atoms with Crippen LogP contribution in [0.1, 0.15) is 43.0 Å². The average Bonchev–Trinajstić information content (AvgIpc) is 2.54. The van der Waals surface area contributed by atoms with Crippen molar-refractivity contribution in [2.24, 2.45) is 0 Å². The largest absolute Gasteiger partial charge is 0.356 e. The second-order valence-electron chi connectivity index (χ2n) is 5.48. The van der Waals surface area contributed by atoms with Gasteiger partial charge in [-0.15, -0.1) is 0 Å². The normalized spacial score (nSPS) is 11.8. The van der Waals surface area contributed by atoms with Crippen LogP contribution in [0.25, 0.3) is 0 Å². The molecule has 2 aromatic carbocycles. The molecule has 0 aliphatic carbocycles. The monoisotopic (exact) mass is 312 g/mol. The summed E-state index contributed by atoms with van der Waals surface area (Å²) in [4.78, 5) is 0. The molecule has 0 amide bonds. The third-order valence-electron chi connectivity index (χ3n) is 3.84. The number of hydrogen-bond acceptors (Lipinski definition) is 1. The Morgan fingerprint density at radius 2 is 1.73 bits per heavy atom. The Bertz CT molecular complexity index is 620. The molecule has 0 spiro atoms. The summed E-state index contributed by atoms with van der Waals surface area (Å²) in [5.41, 5.74) is 4.90. The van der Waals surface area contributed by atoms with E-state index in [9.17, 15) is 0 Å². The van der Waals surface area contributed by atoms with Crippen LogP contribution < -0.4 is 10.6 Å². The quantitative estimate of drug-likeness (QED) is 0.760. The summed E-state index contributed by atoms with van der Waals surface area (Å²) in [5.74, 6) is 0. The highest BCUT2D eigenvalue weighted by Crippen LogP contribution is 2.19. The minimum Gasteiger partial charge on any atom is -0.356 e. The van der Waals surface area contributed by atoms with Gasteiger partial charge >= 0.3 is 0 Å². The predicted molar refractivity (Wildman–Crippen MR) is 99.4 cm³/mol. The van der Waals surface area contributed by atoms with E-state index in [0.29, 0.717) is 5.11 Å². The topological polar surface area (TPSA) is 24.1 Å². The fraction of sp³-hybridized carbons (Fsp3) is 0.316. The number of rotatable bonds is 5. The van der Waals surface area contributed by atoms with Gasteiger partial charge in [-0.05, 0) is 49.2 Å². The fourth-order valence-electron chi connectivity index (χ4n) is 2.49. The summed E-state index contributed by atoms with van der Waals surface area (Å²) in [6, 6.07) is 17.1. The molecule has 0 fully saturated rings. The van der Waals surface area contributed by atoms with Gasteiger partial charge in [0.05, 0.1) is 6.04 Å².